The third kappa shape index (κ3) is 3.73. The quantitative estimate of drug-likeness (QED) is 0.498. The molecular weight excluding hydrogens is 250 g/mol. The Balaban J connectivity index is 1.81. The summed E-state index contributed by atoms with van der Waals surface area (Å²) in [6.45, 7) is 6.04. The molecule has 0 fully saturated rings. The maximum Gasteiger partial charge on any atom is 0.191 e. The van der Waals surface area contributed by atoms with Gasteiger partial charge in [-0.2, -0.15) is 0 Å². The van der Waals surface area contributed by atoms with E-state index in [1.807, 2.05) is 24.5 Å². The molecule has 0 spiro atoms. The Labute approximate surface area is 120 Å². The number of rotatable bonds is 5. The van der Waals surface area contributed by atoms with Gasteiger partial charge in [-0.1, -0.05) is 12.1 Å². The molecule has 108 valence electrons. The van der Waals surface area contributed by atoms with Crippen LogP contribution in [0.15, 0.2) is 35.6 Å². The number of nitrogens with zero attached hydrogens (tertiary/aromatic N) is 3. The van der Waals surface area contributed by atoms with Crippen LogP contribution in [-0.2, 0) is 6.54 Å². The molecule has 20 heavy (non-hydrogen) atoms. The fourth-order valence-electron chi connectivity index (χ4n) is 2.11. The predicted octanol–water partition coefficient (Wildman–Crippen LogP) is 2.00. The normalized spacial score (nSPS) is 12.1. The van der Waals surface area contributed by atoms with E-state index in [2.05, 4.69) is 45.1 Å². The van der Waals surface area contributed by atoms with Crippen LogP contribution in [-0.4, -0.2) is 35.1 Å². The van der Waals surface area contributed by atoms with Crippen molar-refractivity contribution >= 4 is 17.0 Å². The van der Waals surface area contributed by atoms with Gasteiger partial charge in [-0.3, -0.25) is 4.99 Å². The second-order valence-corrected chi connectivity index (χ2v) is 5.08. The van der Waals surface area contributed by atoms with Crippen LogP contribution in [0, 0.1) is 0 Å². The van der Waals surface area contributed by atoms with Gasteiger partial charge in [0, 0.05) is 26.2 Å². The Bertz CT molecular complexity index is 570. The van der Waals surface area contributed by atoms with Crippen LogP contribution < -0.4 is 10.6 Å². The van der Waals surface area contributed by atoms with Gasteiger partial charge in [0.25, 0.3) is 0 Å². The first kappa shape index (κ1) is 14.4. The zero-order valence-electron chi connectivity index (χ0n) is 12.4. The van der Waals surface area contributed by atoms with Gasteiger partial charge in [-0.05, 0) is 32.4 Å². The molecule has 2 N–H and O–H groups in total. The van der Waals surface area contributed by atoms with Crippen LogP contribution in [0.1, 0.15) is 20.3 Å². The molecule has 0 bridgehead atoms. The lowest BCUT2D eigenvalue weighted by molar-refractivity contribution is 0.628. The predicted molar refractivity (Wildman–Crippen MR) is 84.0 cm³/mol. The van der Waals surface area contributed by atoms with Crippen LogP contribution in [0.4, 0.5) is 0 Å². The molecule has 2 rings (SSSR count). The second-order valence-electron chi connectivity index (χ2n) is 5.08. The van der Waals surface area contributed by atoms with E-state index in [1.54, 1.807) is 7.05 Å². The number of hydrogen-bond donors (Lipinski definition) is 2. The van der Waals surface area contributed by atoms with Crippen LogP contribution >= 0.6 is 0 Å². The van der Waals surface area contributed by atoms with Gasteiger partial charge in [-0.15, -0.1) is 0 Å². The molecule has 1 heterocycles. The molecule has 1 aromatic heterocycles. The van der Waals surface area contributed by atoms with Gasteiger partial charge < -0.3 is 15.2 Å². The van der Waals surface area contributed by atoms with Crippen LogP contribution in [0.3, 0.4) is 0 Å². The first-order valence-corrected chi connectivity index (χ1v) is 7.07. The number of benzene rings is 1. The average Bonchev–Trinajstić information content (AvgIpc) is 2.85. The van der Waals surface area contributed by atoms with Crippen molar-refractivity contribution in [2.75, 3.05) is 13.6 Å². The van der Waals surface area contributed by atoms with Gasteiger partial charge in [-0.25, -0.2) is 4.98 Å². The largest absolute Gasteiger partial charge is 0.356 e. The SMILES string of the molecule is CN=C(NCCCn1cnc2ccccc21)NC(C)C. The monoisotopic (exact) mass is 273 g/mol. The first-order valence-electron chi connectivity index (χ1n) is 7.07. The van der Waals surface area contributed by atoms with Gasteiger partial charge in [0.1, 0.15) is 0 Å². The van der Waals surface area contributed by atoms with Crippen molar-refractivity contribution in [2.24, 2.45) is 4.99 Å². The molecule has 0 unspecified atom stereocenters. The number of aryl methyl sites for hydroxylation is 1. The minimum Gasteiger partial charge on any atom is -0.356 e. The van der Waals surface area contributed by atoms with E-state index in [4.69, 9.17) is 0 Å². The summed E-state index contributed by atoms with van der Waals surface area (Å²) in [6.07, 6.45) is 2.94. The fourth-order valence-corrected chi connectivity index (χ4v) is 2.11. The number of aromatic nitrogens is 2. The van der Waals surface area contributed by atoms with Gasteiger partial charge in [0.05, 0.1) is 17.4 Å². The molecule has 0 amide bonds. The Morgan fingerprint density at radius 3 is 2.90 bits per heavy atom. The lowest BCUT2D eigenvalue weighted by Crippen LogP contribution is -2.41. The molecule has 0 atom stereocenters. The highest BCUT2D eigenvalue weighted by Gasteiger charge is 2.02. The van der Waals surface area contributed by atoms with Gasteiger partial charge in [0.15, 0.2) is 5.96 Å². The highest BCUT2D eigenvalue weighted by Crippen LogP contribution is 2.11. The van der Waals surface area contributed by atoms with E-state index in [-0.39, 0.29) is 0 Å². The zero-order chi connectivity index (χ0) is 14.4. The maximum atomic E-state index is 4.39. The summed E-state index contributed by atoms with van der Waals surface area (Å²) in [6, 6.07) is 8.60. The molecule has 0 saturated carbocycles. The zero-order valence-corrected chi connectivity index (χ0v) is 12.4. The van der Waals surface area contributed by atoms with Crippen LogP contribution in [0.5, 0.6) is 0 Å². The van der Waals surface area contributed by atoms with E-state index in [9.17, 15) is 0 Å². The van der Waals surface area contributed by atoms with Crippen molar-refractivity contribution in [1.82, 2.24) is 20.2 Å². The number of imidazole rings is 1. The second kappa shape index (κ2) is 6.93. The number of nitrogens with one attached hydrogen (secondary N) is 2. The topological polar surface area (TPSA) is 54.2 Å². The summed E-state index contributed by atoms with van der Waals surface area (Å²) in [4.78, 5) is 8.58. The van der Waals surface area contributed by atoms with E-state index in [0.29, 0.717) is 6.04 Å². The Morgan fingerprint density at radius 1 is 1.35 bits per heavy atom. The molecule has 0 saturated heterocycles. The summed E-state index contributed by atoms with van der Waals surface area (Å²) in [5.74, 6) is 0.857. The van der Waals surface area contributed by atoms with Crippen molar-refractivity contribution < 1.29 is 0 Å². The van der Waals surface area contributed by atoms with Gasteiger partial charge in [0.2, 0.25) is 0 Å². The third-order valence-corrected chi connectivity index (χ3v) is 3.04. The van der Waals surface area contributed by atoms with Crippen molar-refractivity contribution in [3.8, 4) is 0 Å². The van der Waals surface area contributed by atoms with E-state index in [1.165, 1.54) is 5.52 Å². The number of guanidine groups is 1. The summed E-state index contributed by atoms with van der Waals surface area (Å²) < 4.78 is 2.19. The van der Waals surface area contributed by atoms with Crippen LogP contribution in [0.25, 0.3) is 11.0 Å². The number of hydrogen-bond acceptors (Lipinski definition) is 2. The minimum absolute atomic E-state index is 0.388. The van der Waals surface area contributed by atoms with Crippen molar-refractivity contribution in [3.63, 3.8) is 0 Å². The molecular formula is C15H23N5. The maximum absolute atomic E-state index is 4.39. The summed E-state index contributed by atoms with van der Waals surface area (Å²) in [7, 11) is 1.79. The van der Waals surface area contributed by atoms with Crippen molar-refractivity contribution in [1.29, 1.82) is 0 Å². The summed E-state index contributed by atoms with van der Waals surface area (Å²) in [5.41, 5.74) is 2.25. The lowest BCUT2D eigenvalue weighted by atomic mass is 10.3. The standard InChI is InChI=1S/C15H23N5/c1-12(2)19-15(16-3)17-9-6-10-20-11-18-13-7-4-5-8-14(13)20/h4-5,7-8,11-12H,6,9-10H2,1-3H3,(H2,16,17,19). The smallest absolute Gasteiger partial charge is 0.191 e. The minimum atomic E-state index is 0.388. The Kier molecular flexibility index (Phi) is 4.98. The fraction of sp³-hybridized carbons (Fsp3) is 0.467. The molecule has 0 aliphatic heterocycles. The highest BCUT2D eigenvalue weighted by molar-refractivity contribution is 5.79. The third-order valence-electron chi connectivity index (χ3n) is 3.04. The van der Waals surface area contributed by atoms with Crippen molar-refractivity contribution in [2.45, 2.75) is 32.9 Å². The van der Waals surface area contributed by atoms with Gasteiger partial charge >= 0.3 is 0 Å². The van der Waals surface area contributed by atoms with E-state index >= 15 is 0 Å². The molecule has 1 aromatic carbocycles. The highest BCUT2D eigenvalue weighted by atomic mass is 15.2. The number of fused-ring (bicyclic) bond motifs is 1. The summed E-state index contributed by atoms with van der Waals surface area (Å²) >= 11 is 0. The average molecular weight is 273 g/mol. The Hall–Kier alpha value is -2.04. The molecule has 0 radical (unpaired) electrons. The molecule has 5 heteroatoms. The number of aliphatic imine (C=N–C) groups is 1. The molecule has 5 nitrogen and oxygen atoms in total. The Morgan fingerprint density at radius 2 is 2.15 bits per heavy atom. The van der Waals surface area contributed by atoms with Crippen molar-refractivity contribution in [3.05, 3.63) is 30.6 Å². The summed E-state index contributed by atoms with van der Waals surface area (Å²) in [5, 5.41) is 6.59. The van der Waals surface area contributed by atoms with E-state index in [0.717, 1.165) is 31.0 Å². The molecule has 0 aliphatic rings. The first-order chi connectivity index (χ1) is 9.70. The molecule has 0 aliphatic carbocycles. The number of para-hydroxylation sites is 2. The van der Waals surface area contributed by atoms with Crippen LogP contribution in [0.2, 0.25) is 0 Å². The van der Waals surface area contributed by atoms with E-state index < -0.39 is 0 Å². The lowest BCUT2D eigenvalue weighted by Gasteiger charge is -2.14. The molecule has 2 aromatic rings.